The molecule has 2 aliphatic heterocycles. The van der Waals surface area contributed by atoms with Crippen LogP contribution < -0.4 is 4.90 Å². The highest BCUT2D eigenvalue weighted by Gasteiger charge is 2.45. The van der Waals surface area contributed by atoms with Gasteiger partial charge in [-0.2, -0.15) is 13.0 Å². The number of esters is 1. The van der Waals surface area contributed by atoms with Crippen LogP contribution in [0.3, 0.4) is 0 Å². The van der Waals surface area contributed by atoms with Crippen LogP contribution in [0.4, 0.5) is 11.4 Å². The highest BCUT2D eigenvalue weighted by atomic mass is 32.2. The lowest BCUT2D eigenvalue weighted by molar-refractivity contribution is -0.442. The van der Waals surface area contributed by atoms with E-state index >= 15 is 0 Å². The zero-order valence-electron chi connectivity index (χ0n) is 29.9. The van der Waals surface area contributed by atoms with E-state index in [1.165, 1.54) is 30.1 Å². The van der Waals surface area contributed by atoms with E-state index in [9.17, 15) is 17.8 Å². The quantitative estimate of drug-likeness (QED) is 0.0571. The molecule has 4 rings (SSSR count). The van der Waals surface area contributed by atoms with Crippen LogP contribution in [-0.4, -0.2) is 75.9 Å². The summed E-state index contributed by atoms with van der Waals surface area (Å²) in [5.41, 5.74) is 5.72. The molecule has 9 nitrogen and oxygen atoms in total. The van der Waals surface area contributed by atoms with E-state index in [4.69, 9.17) is 14.2 Å². The molecule has 266 valence electrons. The second kappa shape index (κ2) is 16.9. The number of benzene rings is 2. The van der Waals surface area contributed by atoms with Gasteiger partial charge in [-0.05, 0) is 77.3 Å². The monoisotopic (exact) mass is 693 g/mol. The molecule has 0 bridgehead atoms. The molecular formula is C39H53N2O7S+. The number of carbonyl (C=O) groups is 1. The molecule has 1 unspecified atom stereocenters. The summed E-state index contributed by atoms with van der Waals surface area (Å²) in [6, 6.07) is 13.4. The van der Waals surface area contributed by atoms with Crippen molar-refractivity contribution in [2.75, 3.05) is 51.5 Å². The summed E-state index contributed by atoms with van der Waals surface area (Å²) in [6.07, 6.45) is 14.5. The first kappa shape index (κ1) is 38.2. The Balaban J connectivity index is 1.64. The number of allylic oxidation sites excluding steroid dienone is 6. The number of anilines is 1. The predicted molar refractivity (Wildman–Crippen MR) is 195 cm³/mol. The lowest BCUT2D eigenvalue weighted by Crippen LogP contribution is -2.31. The Kier molecular flexibility index (Phi) is 13.2. The number of methoxy groups -OCH3 is 1. The molecule has 0 amide bonds. The first-order chi connectivity index (χ1) is 23.4. The van der Waals surface area contributed by atoms with Crippen LogP contribution in [0, 0.1) is 0 Å². The minimum Gasteiger partial charge on any atom is -0.469 e. The molecule has 1 atom stereocenters. The van der Waals surface area contributed by atoms with Gasteiger partial charge in [0.05, 0.1) is 24.0 Å². The van der Waals surface area contributed by atoms with E-state index < -0.39 is 15.5 Å². The third-order valence-corrected chi connectivity index (χ3v) is 10.5. The van der Waals surface area contributed by atoms with Gasteiger partial charge in [0, 0.05) is 60.7 Å². The first-order valence-corrected chi connectivity index (χ1v) is 18.8. The number of unbranched alkanes of at least 4 members (excludes halogenated alkanes) is 2. The average molecular weight is 694 g/mol. The van der Waals surface area contributed by atoms with Gasteiger partial charge in [-0.15, -0.1) is 0 Å². The van der Waals surface area contributed by atoms with Crippen LogP contribution in [0.5, 0.6) is 0 Å². The molecule has 2 aromatic carbocycles. The maximum absolute atomic E-state index is 12.0. The molecule has 1 N–H and O–H groups in total. The van der Waals surface area contributed by atoms with Crippen molar-refractivity contribution in [3.63, 3.8) is 0 Å². The smallest absolute Gasteiger partial charge is 0.305 e. The van der Waals surface area contributed by atoms with Crippen molar-refractivity contribution in [2.45, 2.75) is 82.4 Å². The van der Waals surface area contributed by atoms with Crippen LogP contribution in [-0.2, 0) is 40.0 Å². The number of hydrogen-bond donors (Lipinski definition) is 1. The lowest BCUT2D eigenvalue weighted by atomic mass is 9.77. The third-order valence-electron chi connectivity index (χ3n) is 9.65. The fourth-order valence-corrected chi connectivity index (χ4v) is 7.57. The van der Waals surface area contributed by atoms with Crippen molar-refractivity contribution < 1.29 is 36.6 Å². The van der Waals surface area contributed by atoms with Gasteiger partial charge in [0.25, 0.3) is 10.1 Å². The molecule has 2 heterocycles. The zero-order valence-corrected chi connectivity index (χ0v) is 30.7. The SMILES string of the molecule is CCOCCN1/C(=C/C=CC=CC2=[N+](CCOCC)c3ccc(S(=O)(=O)O)cc3C2(C)C)C(C)(CCCCCC(=O)OC)c2ccccc21. The van der Waals surface area contributed by atoms with Crippen molar-refractivity contribution in [1.29, 1.82) is 0 Å². The first-order valence-electron chi connectivity index (χ1n) is 17.3. The molecule has 0 radical (unpaired) electrons. The Morgan fingerprint density at radius 3 is 2.39 bits per heavy atom. The summed E-state index contributed by atoms with van der Waals surface area (Å²) in [5.74, 6) is -0.165. The minimum absolute atomic E-state index is 0.112. The second-order valence-corrected chi connectivity index (χ2v) is 14.6. The van der Waals surface area contributed by atoms with Crippen LogP contribution in [0.15, 0.2) is 83.4 Å². The number of ether oxygens (including phenoxy) is 3. The molecule has 2 aromatic rings. The van der Waals surface area contributed by atoms with Gasteiger partial charge in [-0.3, -0.25) is 9.35 Å². The Hall–Kier alpha value is -3.57. The molecule has 0 aromatic heterocycles. The number of carbonyl (C=O) groups excluding carboxylic acids is 1. The van der Waals surface area contributed by atoms with Crippen molar-refractivity contribution in [3.05, 3.63) is 89.7 Å². The molecule has 49 heavy (non-hydrogen) atoms. The van der Waals surface area contributed by atoms with Gasteiger partial charge in [-0.1, -0.05) is 49.3 Å². The van der Waals surface area contributed by atoms with E-state index in [-0.39, 0.29) is 16.3 Å². The molecule has 10 heteroatoms. The van der Waals surface area contributed by atoms with Crippen molar-refractivity contribution in [3.8, 4) is 0 Å². The molecular weight excluding hydrogens is 641 g/mol. The summed E-state index contributed by atoms with van der Waals surface area (Å²) < 4.78 is 52.1. The highest BCUT2D eigenvalue weighted by molar-refractivity contribution is 7.85. The second-order valence-electron chi connectivity index (χ2n) is 13.1. The van der Waals surface area contributed by atoms with Crippen molar-refractivity contribution >= 4 is 33.2 Å². The molecule has 0 spiro atoms. The van der Waals surface area contributed by atoms with Gasteiger partial charge in [0.1, 0.15) is 6.61 Å². The van der Waals surface area contributed by atoms with Gasteiger partial charge in [0.15, 0.2) is 12.3 Å². The summed E-state index contributed by atoms with van der Waals surface area (Å²) >= 11 is 0. The molecule has 0 fully saturated rings. The average Bonchev–Trinajstić information content (AvgIpc) is 3.43. The summed E-state index contributed by atoms with van der Waals surface area (Å²) in [4.78, 5) is 13.9. The fourth-order valence-electron chi connectivity index (χ4n) is 7.06. The molecule has 0 aliphatic carbocycles. The predicted octanol–water partition coefficient (Wildman–Crippen LogP) is 7.28. The van der Waals surface area contributed by atoms with E-state index in [1.807, 2.05) is 26.0 Å². The number of fused-ring (bicyclic) bond motifs is 2. The van der Waals surface area contributed by atoms with E-state index in [0.29, 0.717) is 39.4 Å². The third kappa shape index (κ3) is 8.78. The van der Waals surface area contributed by atoms with Crippen molar-refractivity contribution in [1.82, 2.24) is 0 Å². The normalized spacial score (nSPS) is 19.4. The Morgan fingerprint density at radius 2 is 1.67 bits per heavy atom. The summed E-state index contributed by atoms with van der Waals surface area (Å²) in [7, 11) is -2.90. The van der Waals surface area contributed by atoms with Gasteiger partial charge in [-0.25, -0.2) is 0 Å². The van der Waals surface area contributed by atoms with Crippen LogP contribution in [0.1, 0.15) is 77.8 Å². The van der Waals surface area contributed by atoms with Crippen molar-refractivity contribution in [2.24, 2.45) is 0 Å². The van der Waals surface area contributed by atoms with Crippen LogP contribution >= 0.6 is 0 Å². The fraction of sp³-hybridized carbons (Fsp3) is 0.487. The summed E-state index contributed by atoms with van der Waals surface area (Å²) in [6.45, 7) is 14.2. The Bertz CT molecular complexity index is 1710. The maximum Gasteiger partial charge on any atom is 0.305 e. The number of para-hydroxylation sites is 1. The topological polar surface area (TPSA) is 105 Å². The van der Waals surface area contributed by atoms with Gasteiger partial charge < -0.3 is 19.1 Å². The maximum atomic E-state index is 12.0. The molecule has 0 saturated carbocycles. The standard InChI is InChI=1S/C39H52N2O7S/c1-7-47-27-25-40-34-23-22-30(49(43,44)45)29-32(34)38(3,4)35(40)19-11-9-12-20-36-39(5,24-16-10-13-21-37(42)46-6)31-17-14-15-18-33(31)41(36)26-28-48-8-2/h9,11-12,14-15,17-20,22-23,29H,7-8,10,13,16,21,24-28H2,1-6H3/p+1. The largest absolute Gasteiger partial charge is 0.469 e. The Labute approximate surface area is 292 Å². The zero-order chi connectivity index (χ0) is 35.7. The minimum atomic E-state index is -4.34. The number of rotatable bonds is 18. The lowest BCUT2D eigenvalue weighted by Gasteiger charge is -2.30. The molecule has 2 aliphatic rings. The van der Waals surface area contributed by atoms with E-state index in [1.54, 1.807) is 12.1 Å². The highest BCUT2D eigenvalue weighted by Crippen LogP contribution is 2.50. The van der Waals surface area contributed by atoms with E-state index in [0.717, 1.165) is 49.2 Å². The van der Waals surface area contributed by atoms with Crippen LogP contribution in [0.2, 0.25) is 0 Å². The summed E-state index contributed by atoms with van der Waals surface area (Å²) in [5, 5.41) is 0. The number of nitrogens with zero attached hydrogens (tertiary/aromatic N) is 2. The van der Waals surface area contributed by atoms with Crippen LogP contribution in [0.25, 0.3) is 0 Å². The van der Waals surface area contributed by atoms with E-state index in [2.05, 4.69) is 72.7 Å². The molecule has 0 saturated heterocycles. The Morgan fingerprint density at radius 1 is 0.939 bits per heavy atom. The van der Waals surface area contributed by atoms with Gasteiger partial charge in [0.2, 0.25) is 5.69 Å². The number of hydrogen-bond acceptors (Lipinski definition) is 7. The van der Waals surface area contributed by atoms with Gasteiger partial charge >= 0.3 is 5.97 Å².